The Morgan fingerprint density at radius 3 is 2.60 bits per heavy atom. The van der Waals surface area contributed by atoms with E-state index in [-0.39, 0.29) is 5.91 Å². The molecule has 0 aliphatic carbocycles. The van der Waals surface area contributed by atoms with Crippen LogP contribution in [-0.2, 0) is 6.42 Å². The third-order valence-electron chi connectivity index (χ3n) is 2.74. The standard InChI is InChI=1S/C15H17N3O2/c1-3-11-9-14(17-10-16-11)15(19)18-12-5-7-13(8-6-12)20-4-2/h5-10H,3-4H2,1-2H3,(H,18,19). The van der Waals surface area contributed by atoms with Crippen molar-refractivity contribution in [3.8, 4) is 5.75 Å². The number of rotatable bonds is 5. The van der Waals surface area contributed by atoms with E-state index in [0.29, 0.717) is 18.0 Å². The topological polar surface area (TPSA) is 64.1 Å². The Morgan fingerprint density at radius 1 is 1.20 bits per heavy atom. The minimum absolute atomic E-state index is 0.244. The van der Waals surface area contributed by atoms with E-state index in [1.165, 1.54) is 6.33 Å². The molecular weight excluding hydrogens is 254 g/mol. The first-order chi connectivity index (χ1) is 9.72. The average Bonchev–Trinajstić information content (AvgIpc) is 2.49. The van der Waals surface area contributed by atoms with Gasteiger partial charge < -0.3 is 10.1 Å². The van der Waals surface area contributed by atoms with E-state index in [4.69, 9.17) is 4.74 Å². The zero-order valence-electron chi connectivity index (χ0n) is 11.6. The van der Waals surface area contributed by atoms with Crippen molar-refractivity contribution in [2.24, 2.45) is 0 Å². The molecular formula is C15H17N3O2. The highest BCUT2D eigenvalue weighted by Gasteiger charge is 2.08. The zero-order chi connectivity index (χ0) is 14.4. The van der Waals surface area contributed by atoms with Crippen molar-refractivity contribution < 1.29 is 9.53 Å². The van der Waals surface area contributed by atoms with Crippen molar-refractivity contribution in [1.29, 1.82) is 0 Å². The van der Waals surface area contributed by atoms with Crippen LogP contribution in [0.4, 0.5) is 5.69 Å². The highest BCUT2D eigenvalue weighted by atomic mass is 16.5. The molecule has 20 heavy (non-hydrogen) atoms. The summed E-state index contributed by atoms with van der Waals surface area (Å²) in [6.45, 7) is 4.53. The van der Waals surface area contributed by atoms with E-state index in [1.807, 2.05) is 26.0 Å². The first-order valence-electron chi connectivity index (χ1n) is 6.58. The van der Waals surface area contributed by atoms with Crippen LogP contribution in [0.15, 0.2) is 36.7 Å². The van der Waals surface area contributed by atoms with Gasteiger partial charge in [0.25, 0.3) is 5.91 Å². The van der Waals surface area contributed by atoms with Gasteiger partial charge in [-0.1, -0.05) is 6.92 Å². The van der Waals surface area contributed by atoms with Gasteiger partial charge in [0.15, 0.2) is 0 Å². The normalized spacial score (nSPS) is 10.1. The summed E-state index contributed by atoms with van der Waals surface area (Å²) in [6.07, 6.45) is 2.18. The molecule has 2 aromatic rings. The van der Waals surface area contributed by atoms with E-state index < -0.39 is 0 Å². The number of carbonyl (C=O) groups is 1. The molecule has 0 saturated carbocycles. The van der Waals surface area contributed by atoms with Gasteiger partial charge in [-0.2, -0.15) is 0 Å². The van der Waals surface area contributed by atoms with E-state index in [2.05, 4.69) is 15.3 Å². The van der Waals surface area contributed by atoms with Gasteiger partial charge in [-0.15, -0.1) is 0 Å². The molecule has 1 aromatic carbocycles. The van der Waals surface area contributed by atoms with E-state index >= 15 is 0 Å². The SMILES string of the molecule is CCOc1ccc(NC(=O)c2cc(CC)ncn2)cc1. The van der Waals surface area contributed by atoms with Crippen LogP contribution in [0.5, 0.6) is 5.75 Å². The molecule has 0 atom stereocenters. The van der Waals surface area contributed by atoms with Crippen molar-refractivity contribution in [3.05, 3.63) is 48.0 Å². The van der Waals surface area contributed by atoms with Crippen molar-refractivity contribution >= 4 is 11.6 Å². The first kappa shape index (κ1) is 14.0. The Morgan fingerprint density at radius 2 is 1.95 bits per heavy atom. The monoisotopic (exact) mass is 271 g/mol. The van der Waals surface area contributed by atoms with Gasteiger partial charge in [-0.25, -0.2) is 9.97 Å². The molecule has 1 amide bonds. The first-order valence-corrected chi connectivity index (χ1v) is 6.58. The second-order valence-electron chi connectivity index (χ2n) is 4.16. The summed E-state index contributed by atoms with van der Waals surface area (Å²) in [6, 6.07) is 8.92. The summed E-state index contributed by atoms with van der Waals surface area (Å²) in [5, 5.41) is 2.79. The van der Waals surface area contributed by atoms with Gasteiger partial charge >= 0.3 is 0 Å². The molecule has 0 saturated heterocycles. The van der Waals surface area contributed by atoms with Crippen LogP contribution in [0.1, 0.15) is 30.0 Å². The number of carbonyl (C=O) groups excluding carboxylic acids is 1. The minimum Gasteiger partial charge on any atom is -0.494 e. The number of aromatic nitrogens is 2. The number of ether oxygens (including phenoxy) is 1. The predicted molar refractivity (Wildman–Crippen MR) is 77.0 cm³/mol. The number of aryl methyl sites for hydroxylation is 1. The van der Waals surface area contributed by atoms with Crippen molar-refractivity contribution in [2.75, 3.05) is 11.9 Å². The van der Waals surface area contributed by atoms with Gasteiger partial charge in [0, 0.05) is 11.4 Å². The van der Waals surface area contributed by atoms with Crippen LogP contribution in [0.2, 0.25) is 0 Å². The van der Waals surface area contributed by atoms with Gasteiger partial charge in [0.05, 0.1) is 6.61 Å². The third kappa shape index (κ3) is 3.54. The lowest BCUT2D eigenvalue weighted by Gasteiger charge is -2.07. The van der Waals surface area contributed by atoms with Crippen molar-refractivity contribution in [2.45, 2.75) is 20.3 Å². The summed E-state index contributed by atoms with van der Waals surface area (Å²) in [4.78, 5) is 20.1. The molecule has 0 radical (unpaired) electrons. The lowest BCUT2D eigenvalue weighted by Crippen LogP contribution is -2.14. The number of benzene rings is 1. The lowest BCUT2D eigenvalue weighted by atomic mass is 10.2. The maximum atomic E-state index is 12.1. The molecule has 0 bridgehead atoms. The second-order valence-corrected chi connectivity index (χ2v) is 4.16. The number of hydrogen-bond donors (Lipinski definition) is 1. The van der Waals surface area contributed by atoms with Crippen LogP contribution >= 0.6 is 0 Å². The summed E-state index contributed by atoms with van der Waals surface area (Å²) < 4.78 is 5.35. The van der Waals surface area contributed by atoms with E-state index in [9.17, 15) is 4.79 Å². The minimum atomic E-state index is -0.244. The zero-order valence-corrected chi connectivity index (χ0v) is 11.6. The number of hydrogen-bond acceptors (Lipinski definition) is 4. The van der Waals surface area contributed by atoms with Gasteiger partial charge in [0.1, 0.15) is 17.8 Å². The van der Waals surface area contributed by atoms with Crippen molar-refractivity contribution in [1.82, 2.24) is 9.97 Å². The molecule has 1 aromatic heterocycles. The van der Waals surface area contributed by atoms with Crippen LogP contribution in [-0.4, -0.2) is 22.5 Å². The van der Waals surface area contributed by atoms with E-state index in [1.54, 1.807) is 18.2 Å². The summed E-state index contributed by atoms with van der Waals surface area (Å²) >= 11 is 0. The van der Waals surface area contributed by atoms with Crippen molar-refractivity contribution in [3.63, 3.8) is 0 Å². The van der Waals surface area contributed by atoms with Crippen LogP contribution in [0.3, 0.4) is 0 Å². The fourth-order valence-electron chi connectivity index (χ4n) is 1.71. The molecule has 1 heterocycles. The third-order valence-corrected chi connectivity index (χ3v) is 2.74. The Bertz CT molecular complexity index is 582. The molecule has 0 aliphatic rings. The number of nitrogens with zero attached hydrogens (tertiary/aromatic N) is 2. The molecule has 1 N–H and O–H groups in total. The fourth-order valence-corrected chi connectivity index (χ4v) is 1.71. The van der Waals surface area contributed by atoms with Crippen LogP contribution < -0.4 is 10.1 Å². The smallest absolute Gasteiger partial charge is 0.274 e. The molecule has 0 fully saturated rings. The molecule has 5 heteroatoms. The number of anilines is 1. The molecule has 0 unspecified atom stereocenters. The maximum Gasteiger partial charge on any atom is 0.274 e. The largest absolute Gasteiger partial charge is 0.494 e. The second kappa shape index (κ2) is 6.65. The predicted octanol–water partition coefficient (Wildman–Crippen LogP) is 2.69. The Balaban J connectivity index is 2.06. The lowest BCUT2D eigenvalue weighted by molar-refractivity contribution is 0.102. The molecule has 104 valence electrons. The highest BCUT2D eigenvalue weighted by Crippen LogP contribution is 2.16. The Hall–Kier alpha value is -2.43. The Labute approximate surface area is 118 Å². The highest BCUT2D eigenvalue weighted by molar-refractivity contribution is 6.02. The van der Waals surface area contributed by atoms with E-state index in [0.717, 1.165) is 17.9 Å². The number of amides is 1. The summed E-state index contributed by atoms with van der Waals surface area (Å²) in [5.41, 5.74) is 1.91. The summed E-state index contributed by atoms with van der Waals surface area (Å²) in [5.74, 6) is 0.534. The van der Waals surface area contributed by atoms with Crippen LogP contribution in [0, 0.1) is 0 Å². The fraction of sp³-hybridized carbons (Fsp3) is 0.267. The molecule has 0 aliphatic heterocycles. The summed E-state index contributed by atoms with van der Waals surface area (Å²) in [7, 11) is 0. The van der Waals surface area contributed by atoms with Gasteiger partial charge in [-0.05, 0) is 43.7 Å². The number of nitrogens with one attached hydrogen (secondary N) is 1. The quantitative estimate of drug-likeness (QED) is 0.908. The van der Waals surface area contributed by atoms with Crippen LogP contribution in [0.25, 0.3) is 0 Å². The maximum absolute atomic E-state index is 12.1. The molecule has 0 spiro atoms. The molecule has 5 nitrogen and oxygen atoms in total. The van der Waals surface area contributed by atoms with Gasteiger partial charge in [0.2, 0.25) is 0 Å². The molecule has 2 rings (SSSR count). The van der Waals surface area contributed by atoms with Gasteiger partial charge in [-0.3, -0.25) is 4.79 Å². The Kier molecular flexibility index (Phi) is 4.65. The average molecular weight is 271 g/mol.